The molecule has 0 aliphatic rings. The molecule has 0 N–H and O–H groups in total. The fourth-order valence-electron chi connectivity index (χ4n) is 1.15. The fourth-order valence-corrected chi connectivity index (χ4v) is 1.15. The molecule has 1 rings (SSSR count). The molecule has 78 valence electrons. The lowest BCUT2D eigenvalue weighted by atomic mass is 10.1. The third-order valence-electron chi connectivity index (χ3n) is 2.10. The molecule has 1 aromatic rings. The summed E-state index contributed by atoms with van der Waals surface area (Å²) in [5.74, 6) is 0.845. The number of nitriles is 1. The zero-order valence-corrected chi connectivity index (χ0v) is 8.99. The molecule has 2 nitrogen and oxygen atoms in total. The zero-order valence-electron chi connectivity index (χ0n) is 8.99. The van der Waals surface area contributed by atoms with E-state index >= 15 is 0 Å². The lowest BCUT2D eigenvalue weighted by Crippen LogP contribution is -1.96. The van der Waals surface area contributed by atoms with Crippen molar-refractivity contribution in [2.24, 2.45) is 0 Å². The number of ether oxygens (including phenoxy) is 1. The van der Waals surface area contributed by atoms with Gasteiger partial charge in [-0.25, -0.2) is 0 Å². The summed E-state index contributed by atoms with van der Waals surface area (Å²) in [7, 11) is 0. The first-order valence-electron chi connectivity index (χ1n) is 5.10. The van der Waals surface area contributed by atoms with E-state index in [1.165, 1.54) is 0 Å². The van der Waals surface area contributed by atoms with Gasteiger partial charge in [0.25, 0.3) is 0 Å². The van der Waals surface area contributed by atoms with E-state index in [1.54, 1.807) is 0 Å². The average Bonchev–Trinajstić information content (AvgIpc) is 2.29. The molecule has 1 aromatic carbocycles. The van der Waals surface area contributed by atoms with Gasteiger partial charge < -0.3 is 4.74 Å². The van der Waals surface area contributed by atoms with Crippen LogP contribution in [0.4, 0.5) is 0 Å². The summed E-state index contributed by atoms with van der Waals surface area (Å²) < 4.78 is 5.50. The minimum Gasteiger partial charge on any atom is -0.494 e. The molecule has 0 bridgehead atoms. The van der Waals surface area contributed by atoms with Crippen molar-refractivity contribution in [1.29, 1.82) is 5.26 Å². The van der Waals surface area contributed by atoms with Gasteiger partial charge in [-0.2, -0.15) is 5.26 Å². The molecule has 15 heavy (non-hydrogen) atoms. The summed E-state index contributed by atoms with van der Waals surface area (Å²) >= 11 is 0. The second kappa shape index (κ2) is 5.87. The number of unbranched alkanes of at least 4 members (excludes halogenated alkanes) is 1. The van der Waals surface area contributed by atoms with Crippen molar-refractivity contribution in [2.75, 3.05) is 6.61 Å². The Morgan fingerprint density at radius 1 is 1.40 bits per heavy atom. The first-order valence-corrected chi connectivity index (χ1v) is 5.10. The third-order valence-corrected chi connectivity index (χ3v) is 2.10. The number of benzene rings is 1. The maximum Gasteiger partial charge on any atom is 0.119 e. The molecule has 0 aliphatic heterocycles. The number of hydrogen-bond donors (Lipinski definition) is 0. The van der Waals surface area contributed by atoms with Gasteiger partial charge in [0.1, 0.15) is 5.75 Å². The van der Waals surface area contributed by atoms with E-state index < -0.39 is 0 Å². The van der Waals surface area contributed by atoms with E-state index in [0.29, 0.717) is 5.57 Å². The summed E-state index contributed by atoms with van der Waals surface area (Å²) in [4.78, 5) is 0. The third kappa shape index (κ3) is 3.47. The van der Waals surface area contributed by atoms with Crippen LogP contribution in [0.25, 0.3) is 5.57 Å². The predicted molar refractivity (Wildman–Crippen MR) is 61.5 cm³/mol. The monoisotopic (exact) mass is 201 g/mol. The molecule has 0 atom stereocenters. The van der Waals surface area contributed by atoms with Gasteiger partial charge in [0.15, 0.2) is 0 Å². The highest BCUT2D eigenvalue weighted by Crippen LogP contribution is 2.17. The van der Waals surface area contributed by atoms with E-state index in [0.717, 1.165) is 30.8 Å². The lowest BCUT2D eigenvalue weighted by molar-refractivity contribution is 0.309. The van der Waals surface area contributed by atoms with Gasteiger partial charge in [0, 0.05) is 0 Å². The minimum atomic E-state index is 0.482. The maximum atomic E-state index is 8.65. The van der Waals surface area contributed by atoms with Gasteiger partial charge in [0.2, 0.25) is 0 Å². The van der Waals surface area contributed by atoms with E-state index in [-0.39, 0.29) is 0 Å². The van der Waals surface area contributed by atoms with Crippen molar-refractivity contribution < 1.29 is 4.74 Å². The normalized spacial score (nSPS) is 9.33. The molecule has 0 unspecified atom stereocenters. The highest BCUT2D eigenvalue weighted by molar-refractivity contribution is 5.74. The first-order chi connectivity index (χ1) is 7.27. The smallest absolute Gasteiger partial charge is 0.119 e. The zero-order chi connectivity index (χ0) is 11.1. The molecule has 0 aliphatic carbocycles. The molecule has 0 spiro atoms. The number of nitrogens with zero attached hydrogens (tertiary/aromatic N) is 1. The van der Waals surface area contributed by atoms with Crippen LogP contribution >= 0.6 is 0 Å². The Hall–Kier alpha value is -1.75. The number of rotatable bonds is 5. The summed E-state index contributed by atoms with van der Waals surface area (Å²) in [6.07, 6.45) is 2.19. The van der Waals surface area contributed by atoms with Crippen LogP contribution in [0.5, 0.6) is 5.75 Å². The topological polar surface area (TPSA) is 33.0 Å². The molecule has 0 saturated heterocycles. The van der Waals surface area contributed by atoms with Crippen LogP contribution in [0.15, 0.2) is 30.8 Å². The van der Waals surface area contributed by atoms with Crippen molar-refractivity contribution in [2.45, 2.75) is 19.8 Å². The Morgan fingerprint density at radius 3 is 2.60 bits per heavy atom. The average molecular weight is 201 g/mol. The molecule has 0 amide bonds. The highest BCUT2D eigenvalue weighted by atomic mass is 16.5. The van der Waals surface area contributed by atoms with Crippen LogP contribution in [0.2, 0.25) is 0 Å². The molecular weight excluding hydrogens is 186 g/mol. The molecule has 0 saturated carbocycles. The predicted octanol–water partition coefficient (Wildman–Crippen LogP) is 3.40. The summed E-state index contributed by atoms with van der Waals surface area (Å²) in [6, 6.07) is 9.46. The second-order valence-electron chi connectivity index (χ2n) is 3.32. The number of hydrogen-bond acceptors (Lipinski definition) is 2. The van der Waals surface area contributed by atoms with Gasteiger partial charge >= 0.3 is 0 Å². The maximum absolute atomic E-state index is 8.65. The van der Waals surface area contributed by atoms with Gasteiger partial charge in [-0.1, -0.05) is 19.9 Å². The van der Waals surface area contributed by atoms with Crippen molar-refractivity contribution >= 4 is 5.57 Å². The summed E-state index contributed by atoms with van der Waals surface area (Å²) in [5.41, 5.74) is 1.33. The van der Waals surface area contributed by atoms with E-state index in [4.69, 9.17) is 10.00 Å². The highest BCUT2D eigenvalue weighted by Gasteiger charge is 1.98. The van der Waals surface area contributed by atoms with Gasteiger partial charge in [-0.3, -0.25) is 0 Å². The molecule has 0 fully saturated rings. The standard InChI is InChI=1S/C13H15NO/c1-3-4-9-15-13-7-5-12(6-8-13)11(2)10-14/h5-8H,2-4,9H2,1H3. The van der Waals surface area contributed by atoms with E-state index in [9.17, 15) is 0 Å². The lowest BCUT2D eigenvalue weighted by Gasteiger charge is -2.05. The Labute approximate surface area is 90.8 Å². The molecule has 0 radical (unpaired) electrons. The van der Waals surface area contributed by atoms with Crippen molar-refractivity contribution in [3.05, 3.63) is 36.4 Å². The van der Waals surface area contributed by atoms with Crippen molar-refractivity contribution in [1.82, 2.24) is 0 Å². The molecule has 0 heterocycles. The van der Waals surface area contributed by atoms with E-state index in [1.807, 2.05) is 30.3 Å². The van der Waals surface area contributed by atoms with Crippen LogP contribution in [0.3, 0.4) is 0 Å². The van der Waals surface area contributed by atoms with Crippen LogP contribution in [-0.2, 0) is 0 Å². The van der Waals surface area contributed by atoms with E-state index in [2.05, 4.69) is 13.5 Å². The molecule has 0 aromatic heterocycles. The van der Waals surface area contributed by atoms with Crippen molar-refractivity contribution in [3.63, 3.8) is 0 Å². The molecular formula is C13H15NO. The van der Waals surface area contributed by atoms with Gasteiger partial charge in [-0.05, 0) is 36.2 Å². The summed E-state index contributed by atoms with van der Waals surface area (Å²) in [5, 5.41) is 8.65. The van der Waals surface area contributed by atoms with Crippen LogP contribution < -0.4 is 4.74 Å². The Kier molecular flexibility index (Phi) is 4.43. The van der Waals surface area contributed by atoms with Gasteiger partial charge in [-0.15, -0.1) is 0 Å². The Morgan fingerprint density at radius 2 is 2.07 bits per heavy atom. The quantitative estimate of drug-likeness (QED) is 0.540. The fraction of sp³-hybridized carbons (Fsp3) is 0.308. The largest absolute Gasteiger partial charge is 0.494 e. The SMILES string of the molecule is C=C(C#N)c1ccc(OCCCC)cc1. The van der Waals surface area contributed by atoms with Crippen LogP contribution in [0.1, 0.15) is 25.3 Å². The van der Waals surface area contributed by atoms with Crippen LogP contribution in [-0.4, -0.2) is 6.61 Å². The number of allylic oxidation sites excluding steroid dienone is 1. The minimum absolute atomic E-state index is 0.482. The van der Waals surface area contributed by atoms with Crippen LogP contribution in [0, 0.1) is 11.3 Å². The second-order valence-corrected chi connectivity index (χ2v) is 3.32. The summed E-state index contributed by atoms with van der Waals surface area (Å²) in [6.45, 7) is 6.52. The Bertz CT molecular complexity index is 359. The molecule has 2 heteroatoms. The Balaban J connectivity index is 2.57. The van der Waals surface area contributed by atoms with Gasteiger partial charge in [0.05, 0.1) is 18.2 Å². The van der Waals surface area contributed by atoms with Crippen molar-refractivity contribution in [3.8, 4) is 11.8 Å². The first kappa shape index (κ1) is 11.3.